The number of carbonyl (C=O) groups is 1. The Labute approximate surface area is 187 Å². The van der Waals surface area contributed by atoms with Crippen LogP contribution in [0.3, 0.4) is 0 Å². The molecule has 0 atom stereocenters. The summed E-state index contributed by atoms with van der Waals surface area (Å²) in [6, 6.07) is 16.6. The first kappa shape index (κ1) is 23.2. The van der Waals surface area contributed by atoms with Crippen LogP contribution in [0.1, 0.15) is 16.7 Å². The van der Waals surface area contributed by atoms with E-state index in [0.717, 1.165) is 49.1 Å². The van der Waals surface area contributed by atoms with Gasteiger partial charge in [-0.25, -0.2) is 0 Å². The lowest BCUT2D eigenvalue weighted by atomic mass is 9.91. The van der Waals surface area contributed by atoms with Gasteiger partial charge in [-0.15, -0.1) is 24.8 Å². The first-order valence-electron chi connectivity index (χ1n) is 9.23. The average molecular weight is 487 g/mol. The number of rotatable bonds is 4. The minimum atomic E-state index is -0.457. The summed E-state index contributed by atoms with van der Waals surface area (Å²) in [5, 5.41) is 6.62. The van der Waals surface area contributed by atoms with E-state index in [-0.39, 0.29) is 30.7 Å². The fourth-order valence-electron chi connectivity index (χ4n) is 4.16. The lowest BCUT2D eigenvalue weighted by Crippen LogP contribution is -2.63. The van der Waals surface area contributed by atoms with E-state index in [9.17, 15) is 4.79 Å². The molecule has 7 heteroatoms. The van der Waals surface area contributed by atoms with Gasteiger partial charge in [-0.3, -0.25) is 9.69 Å². The van der Waals surface area contributed by atoms with Gasteiger partial charge >= 0.3 is 0 Å². The molecule has 152 valence electrons. The summed E-state index contributed by atoms with van der Waals surface area (Å²) in [5.74, 6) is 0.151. The summed E-state index contributed by atoms with van der Waals surface area (Å²) in [7, 11) is 0. The summed E-state index contributed by atoms with van der Waals surface area (Å²) in [6.07, 6.45) is 1.60. The van der Waals surface area contributed by atoms with Crippen molar-refractivity contribution in [2.75, 3.05) is 26.2 Å². The molecule has 2 aromatic carbocycles. The summed E-state index contributed by atoms with van der Waals surface area (Å²) in [5.41, 5.74) is 3.28. The van der Waals surface area contributed by atoms with Gasteiger partial charge in [-0.05, 0) is 28.8 Å². The monoisotopic (exact) mass is 485 g/mol. The molecule has 1 amide bonds. The molecule has 1 heterocycles. The predicted molar refractivity (Wildman–Crippen MR) is 122 cm³/mol. The molecule has 0 spiro atoms. The molecule has 1 fully saturated rings. The molecule has 28 heavy (non-hydrogen) atoms. The van der Waals surface area contributed by atoms with Crippen LogP contribution in [0.4, 0.5) is 0 Å². The smallest absolute Gasteiger partial charge is 0.241 e. The van der Waals surface area contributed by atoms with Gasteiger partial charge in [0, 0.05) is 50.0 Å². The van der Waals surface area contributed by atoms with Gasteiger partial charge in [0.2, 0.25) is 5.91 Å². The quantitative estimate of drug-likeness (QED) is 0.696. The van der Waals surface area contributed by atoms with E-state index in [1.807, 2.05) is 24.3 Å². The summed E-state index contributed by atoms with van der Waals surface area (Å²) >= 11 is 3.46. The largest absolute Gasteiger partial charge is 0.350 e. The van der Waals surface area contributed by atoms with Gasteiger partial charge in [0.15, 0.2) is 0 Å². The van der Waals surface area contributed by atoms with Crippen molar-refractivity contribution in [2.45, 2.75) is 24.9 Å². The van der Waals surface area contributed by atoms with Crippen LogP contribution in [0.25, 0.3) is 0 Å². The highest BCUT2D eigenvalue weighted by Crippen LogP contribution is 2.35. The highest BCUT2D eigenvalue weighted by Gasteiger charge is 2.48. The molecule has 4 nitrogen and oxygen atoms in total. The van der Waals surface area contributed by atoms with Crippen molar-refractivity contribution in [3.8, 4) is 0 Å². The predicted octanol–water partition coefficient (Wildman–Crippen LogP) is 3.35. The van der Waals surface area contributed by atoms with E-state index in [0.29, 0.717) is 6.54 Å². The molecule has 2 aromatic rings. The summed E-state index contributed by atoms with van der Waals surface area (Å²) in [6.45, 7) is 4.28. The van der Waals surface area contributed by atoms with Crippen LogP contribution < -0.4 is 10.6 Å². The van der Waals surface area contributed by atoms with Crippen molar-refractivity contribution >= 4 is 46.7 Å². The zero-order chi connectivity index (χ0) is 18.0. The van der Waals surface area contributed by atoms with E-state index in [2.05, 4.69) is 55.7 Å². The molecule has 0 aromatic heterocycles. The van der Waals surface area contributed by atoms with Crippen molar-refractivity contribution in [3.05, 3.63) is 69.7 Å². The number of fused-ring (bicyclic) bond motifs is 1. The Kier molecular flexibility index (Phi) is 8.34. The van der Waals surface area contributed by atoms with Crippen LogP contribution >= 0.6 is 40.7 Å². The van der Waals surface area contributed by atoms with Crippen LogP contribution in [-0.4, -0.2) is 42.5 Å². The maximum Gasteiger partial charge on any atom is 0.241 e. The molecule has 0 saturated carbocycles. The van der Waals surface area contributed by atoms with E-state index < -0.39 is 5.54 Å². The van der Waals surface area contributed by atoms with Crippen LogP contribution in [0.5, 0.6) is 0 Å². The Morgan fingerprint density at radius 3 is 2.14 bits per heavy atom. The third-order valence-electron chi connectivity index (χ3n) is 5.60. The number of benzene rings is 2. The molecule has 4 rings (SSSR count). The number of nitrogens with one attached hydrogen (secondary N) is 2. The van der Waals surface area contributed by atoms with E-state index in [4.69, 9.17) is 0 Å². The normalized spacial score (nSPS) is 17.8. The Morgan fingerprint density at radius 1 is 1.00 bits per heavy atom. The summed E-state index contributed by atoms with van der Waals surface area (Å²) < 4.78 is 1.05. The van der Waals surface area contributed by atoms with Crippen molar-refractivity contribution in [1.29, 1.82) is 0 Å². The molecule has 1 aliphatic carbocycles. The highest BCUT2D eigenvalue weighted by atomic mass is 79.9. The first-order chi connectivity index (χ1) is 12.7. The SMILES string of the molecule is Cl.Cl.O=C(NCc1ccc(Br)cc1)C1(N2CCNCC2)Cc2ccccc2C1. The van der Waals surface area contributed by atoms with Crippen LogP contribution in [0.2, 0.25) is 0 Å². The molecule has 1 aliphatic heterocycles. The molecule has 1 saturated heterocycles. The Morgan fingerprint density at radius 2 is 1.57 bits per heavy atom. The zero-order valence-electron chi connectivity index (χ0n) is 15.6. The van der Waals surface area contributed by atoms with Crippen molar-refractivity contribution in [1.82, 2.24) is 15.5 Å². The van der Waals surface area contributed by atoms with E-state index in [1.54, 1.807) is 0 Å². The third-order valence-corrected chi connectivity index (χ3v) is 6.12. The van der Waals surface area contributed by atoms with Crippen LogP contribution in [-0.2, 0) is 24.2 Å². The fraction of sp³-hybridized carbons (Fsp3) is 0.381. The lowest BCUT2D eigenvalue weighted by Gasteiger charge is -2.42. The third kappa shape index (κ3) is 4.71. The number of carbonyl (C=O) groups excluding carboxylic acids is 1. The van der Waals surface area contributed by atoms with Crippen molar-refractivity contribution in [3.63, 3.8) is 0 Å². The number of hydrogen-bond acceptors (Lipinski definition) is 3. The lowest BCUT2D eigenvalue weighted by molar-refractivity contribution is -0.134. The Bertz CT molecular complexity index is 769. The van der Waals surface area contributed by atoms with Gasteiger partial charge in [0.25, 0.3) is 0 Å². The molecule has 0 radical (unpaired) electrons. The molecule has 0 bridgehead atoms. The molecule has 0 unspecified atom stereocenters. The van der Waals surface area contributed by atoms with Gasteiger partial charge in [0.1, 0.15) is 5.54 Å². The Hall–Kier alpha value is -1.11. The van der Waals surface area contributed by atoms with Crippen LogP contribution in [0.15, 0.2) is 53.0 Å². The standard InChI is InChI=1S/C21H24BrN3O.2ClH/c22-19-7-5-16(6-8-19)15-24-20(26)21(25-11-9-23-10-12-25)13-17-3-1-2-4-18(17)14-21;;/h1-8,23H,9-15H2,(H,24,26);2*1H. The van der Waals surface area contributed by atoms with Gasteiger partial charge in [-0.1, -0.05) is 52.3 Å². The van der Waals surface area contributed by atoms with E-state index in [1.165, 1.54) is 11.1 Å². The van der Waals surface area contributed by atoms with Crippen molar-refractivity contribution < 1.29 is 4.79 Å². The number of nitrogens with zero attached hydrogens (tertiary/aromatic N) is 1. The minimum Gasteiger partial charge on any atom is -0.350 e. The zero-order valence-corrected chi connectivity index (χ0v) is 18.8. The number of hydrogen-bond donors (Lipinski definition) is 2. The summed E-state index contributed by atoms with van der Waals surface area (Å²) in [4.78, 5) is 15.8. The number of piperazine rings is 1. The second kappa shape index (κ2) is 10.1. The molecular weight excluding hydrogens is 461 g/mol. The average Bonchev–Trinajstić information content (AvgIpc) is 3.09. The number of halogens is 3. The second-order valence-electron chi connectivity index (χ2n) is 7.20. The first-order valence-corrected chi connectivity index (χ1v) is 10.0. The maximum absolute atomic E-state index is 13.4. The minimum absolute atomic E-state index is 0. The van der Waals surface area contributed by atoms with Gasteiger partial charge in [-0.2, -0.15) is 0 Å². The maximum atomic E-state index is 13.4. The number of amides is 1. The van der Waals surface area contributed by atoms with Crippen molar-refractivity contribution in [2.24, 2.45) is 0 Å². The van der Waals surface area contributed by atoms with Gasteiger partial charge in [0.05, 0.1) is 0 Å². The Balaban J connectivity index is 0.00000140. The molecule has 2 aliphatic rings. The molecule has 2 N–H and O–H groups in total. The fourth-order valence-corrected chi connectivity index (χ4v) is 4.43. The highest BCUT2D eigenvalue weighted by molar-refractivity contribution is 9.10. The van der Waals surface area contributed by atoms with Gasteiger partial charge < -0.3 is 10.6 Å². The second-order valence-corrected chi connectivity index (χ2v) is 8.12. The van der Waals surface area contributed by atoms with Crippen LogP contribution in [0, 0.1) is 0 Å². The van der Waals surface area contributed by atoms with E-state index >= 15 is 0 Å². The molecular formula is C21H26BrCl2N3O. The topological polar surface area (TPSA) is 44.4 Å².